The number of carbonyl (C=O) groups excluding carboxylic acids is 4. The zero-order valence-corrected chi connectivity index (χ0v) is 19.7. The summed E-state index contributed by atoms with van der Waals surface area (Å²) in [5.74, 6) is -1.11. The molecule has 0 aliphatic carbocycles. The molecule has 0 radical (unpaired) electrons. The first-order chi connectivity index (χ1) is 16.8. The van der Waals surface area contributed by atoms with Crippen LogP contribution in [0.3, 0.4) is 0 Å². The van der Waals surface area contributed by atoms with Crippen molar-refractivity contribution in [3.05, 3.63) is 24.0 Å². The molecule has 0 aromatic heterocycles. The van der Waals surface area contributed by atoms with Gasteiger partial charge in [-0.1, -0.05) is 0 Å². The maximum Gasteiger partial charge on any atom is 0.508 e. The molecule has 2 aliphatic heterocycles. The molecular formula is C22H29FN4O8. The molecule has 192 valence electrons. The first-order valence-electron chi connectivity index (χ1n) is 11.1. The number of nitrogens with one attached hydrogen (secondary N) is 1. The molecule has 1 unspecified atom stereocenters. The number of hydrogen-bond acceptors (Lipinski definition) is 9. The van der Waals surface area contributed by atoms with Gasteiger partial charge in [-0.25, -0.2) is 14.0 Å². The standard InChI is InChI=1S/C22H29FN4O8/c1-15(28)24-12-17-13-27(21(30)35-17)16-3-4-19(18(23)11-16)25-5-7-26(8-6-25)20(29)14-34-22(31)33-10-9-32-2/h3-4,11,17H,5-10,12-14H2,1-2H3,(H,24,28). The van der Waals surface area contributed by atoms with Gasteiger partial charge in [0.2, 0.25) is 5.91 Å². The fourth-order valence-corrected chi connectivity index (χ4v) is 3.68. The lowest BCUT2D eigenvalue weighted by atomic mass is 10.2. The Hall–Kier alpha value is -3.61. The zero-order valence-electron chi connectivity index (χ0n) is 19.7. The average molecular weight is 496 g/mol. The summed E-state index contributed by atoms with van der Waals surface area (Å²) in [4.78, 5) is 51.6. The summed E-state index contributed by atoms with van der Waals surface area (Å²) in [5.41, 5.74) is 0.700. The second kappa shape index (κ2) is 12.2. The van der Waals surface area contributed by atoms with Crippen molar-refractivity contribution in [3.8, 4) is 0 Å². The minimum atomic E-state index is -0.945. The molecule has 2 saturated heterocycles. The van der Waals surface area contributed by atoms with Crippen molar-refractivity contribution in [3.63, 3.8) is 0 Å². The lowest BCUT2D eigenvalue weighted by Gasteiger charge is -2.36. The van der Waals surface area contributed by atoms with Crippen LogP contribution in [-0.4, -0.2) is 101 Å². The predicted molar refractivity (Wildman–Crippen MR) is 121 cm³/mol. The van der Waals surface area contributed by atoms with E-state index in [-0.39, 0.29) is 38.1 Å². The van der Waals surface area contributed by atoms with E-state index in [1.54, 1.807) is 17.0 Å². The third kappa shape index (κ3) is 7.18. The first-order valence-corrected chi connectivity index (χ1v) is 11.1. The van der Waals surface area contributed by atoms with Crippen LogP contribution in [0.2, 0.25) is 0 Å². The van der Waals surface area contributed by atoms with Gasteiger partial charge in [0.1, 0.15) is 18.5 Å². The number of halogens is 1. The molecule has 3 amide bonds. The fourth-order valence-electron chi connectivity index (χ4n) is 3.68. The highest BCUT2D eigenvalue weighted by Crippen LogP contribution is 2.28. The molecule has 2 heterocycles. The summed E-state index contributed by atoms with van der Waals surface area (Å²) in [7, 11) is 1.47. The molecule has 1 aromatic carbocycles. The van der Waals surface area contributed by atoms with Crippen LogP contribution >= 0.6 is 0 Å². The van der Waals surface area contributed by atoms with Gasteiger partial charge in [0.25, 0.3) is 5.91 Å². The lowest BCUT2D eigenvalue weighted by Crippen LogP contribution is -2.50. The molecule has 12 nitrogen and oxygen atoms in total. The minimum Gasteiger partial charge on any atom is -0.442 e. The van der Waals surface area contributed by atoms with E-state index in [0.717, 1.165) is 0 Å². The van der Waals surface area contributed by atoms with E-state index >= 15 is 0 Å². The molecule has 2 fully saturated rings. The maximum absolute atomic E-state index is 14.9. The van der Waals surface area contributed by atoms with Gasteiger partial charge in [0.15, 0.2) is 6.61 Å². The van der Waals surface area contributed by atoms with E-state index in [2.05, 4.69) is 5.32 Å². The van der Waals surface area contributed by atoms with Crippen molar-refractivity contribution in [2.45, 2.75) is 13.0 Å². The van der Waals surface area contributed by atoms with Crippen molar-refractivity contribution >= 4 is 35.4 Å². The van der Waals surface area contributed by atoms with Crippen molar-refractivity contribution in [2.24, 2.45) is 0 Å². The second-order valence-corrected chi connectivity index (χ2v) is 7.94. The van der Waals surface area contributed by atoms with E-state index in [1.165, 1.54) is 29.9 Å². The van der Waals surface area contributed by atoms with Crippen LogP contribution in [-0.2, 0) is 28.5 Å². The number of piperazine rings is 1. The molecule has 3 rings (SSSR count). The van der Waals surface area contributed by atoms with Crippen molar-refractivity contribution in [1.29, 1.82) is 0 Å². The Bertz CT molecular complexity index is 938. The topological polar surface area (TPSA) is 127 Å². The van der Waals surface area contributed by atoms with E-state index in [1.807, 2.05) is 0 Å². The Morgan fingerprint density at radius 1 is 1.14 bits per heavy atom. The summed E-state index contributed by atoms with van der Waals surface area (Å²) in [6, 6.07) is 4.47. The Morgan fingerprint density at radius 3 is 2.54 bits per heavy atom. The number of carbonyl (C=O) groups is 4. The van der Waals surface area contributed by atoms with Crippen molar-refractivity contribution in [1.82, 2.24) is 10.2 Å². The smallest absolute Gasteiger partial charge is 0.442 e. The van der Waals surface area contributed by atoms with Crippen LogP contribution in [0.5, 0.6) is 0 Å². The third-order valence-corrected chi connectivity index (χ3v) is 5.49. The second-order valence-electron chi connectivity index (χ2n) is 7.94. The molecule has 0 bridgehead atoms. The number of ether oxygens (including phenoxy) is 4. The number of cyclic esters (lactones) is 1. The van der Waals surface area contributed by atoms with Gasteiger partial charge < -0.3 is 34.1 Å². The average Bonchev–Trinajstić information content (AvgIpc) is 3.22. The maximum atomic E-state index is 14.9. The lowest BCUT2D eigenvalue weighted by molar-refractivity contribution is -0.135. The molecule has 1 N–H and O–H groups in total. The van der Waals surface area contributed by atoms with Crippen LogP contribution in [0.25, 0.3) is 0 Å². The Kier molecular flexibility index (Phi) is 9.06. The molecule has 1 atom stereocenters. The zero-order chi connectivity index (χ0) is 25.4. The van der Waals surface area contributed by atoms with Gasteiger partial charge >= 0.3 is 12.2 Å². The number of benzene rings is 1. The van der Waals surface area contributed by atoms with Crippen molar-refractivity contribution < 1.29 is 42.5 Å². The van der Waals surface area contributed by atoms with Crippen LogP contribution in [0, 0.1) is 5.82 Å². The number of anilines is 2. The number of amides is 3. The fraction of sp³-hybridized carbons (Fsp3) is 0.545. The van der Waals surface area contributed by atoms with Crippen LogP contribution < -0.4 is 15.1 Å². The first kappa shape index (κ1) is 26.0. The monoisotopic (exact) mass is 496 g/mol. The molecule has 0 spiro atoms. The number of nitrogens with zero attached hydrogens (tertiary/aromatic N) is 3. The third-order valence-electron chi connectivity index (χ3n) is 5.49. The van der Waals surface area contributed by atoms with Gasteiger partial charge in [-0.05, 0) is 18.2 Å². The van der Waals surface area contributed by atoms with E-state index in [9.17, 15) is 23.6 Å². The van der Waals surface area contributed by atoms with E-state index in [0.29, 0.717) is 37.6 Å². The van der Waals surface area contributed by atoms with Gasteiger partial charge in [-0.2, -0.15) is 0 Å². The highest BCUT2D eigenvalue weighted by Gasteiger charge is 2.33. The summed E-state index contributed by atoms with van der Waals surface area (Å²) in [6.07, 6.45) is -2.07. The normalized spacial score (nSPS) is 17.7. The molecule has 0 saturated carbocycles. The molecule has 35 heavy (non-hydrogen) atoms. The molecular weight excluding hydrogens is 467 g/mol. The van der Waals surface area contributed by atoms with Gasteiger partial charge in [0.05, 0.1) is 31.1 Å². The van der Waals surface area contributed by atoms with Crippen molar-refractivity contribution in [2.75, 3.05) is 76.0 Å². The summed E-state index contributed by atoms with van der Waals surface area (Å²) < 4.78 is 34.4. The van der Waals surface area contributed by atoms with Crippen LogP contribution in [0.1, 0.15) is 6.92 Å². The van der Waals surface area contributed by atoms with Gasteiger partial charge in [-0.3, -0.25) is 14.5 Å². The Morgan fingerprint density at radius 2 is 1.89 bits per heavy atom. The number of methoxy groups -OCH3 is 1. The summed E-state index contributed by atoms with van der Waals surface area (Å²) >= 11 is 0. The number of hydrogen-bond donors (Lipinski definition) is 1. The predicted octanol–water partition coefficient (Wildman–Crippen LogP) is 0.735. The summed E-state index contributed by atoms with van der Waals surface area (Å²) in [5, 5.41) is 2.59. The van der Waals surface area contributed by atoms with E-state index in [4.69, 9.17) is 18.9 Å². The molecule has 1 aromatic rings. The SMILES string of the molecule is COCCOC(=O)OCC(=O)N1CCN(c2ccc(N3CC(CNC(C)=O)OC3=O)cc2F)CC1. The van der Waals surface area contributed by atoms with Gasteiger partial charge in [-0.15, -0.1) is 0 Å². The van der Waals surface area contributed by atoms with Gasteiger partial charge in [0, 0.05) is 40.2 Å². The van der Waals surface area contributed by atoms with Crippen LogP contribution in [0.4, 0.5) is 25.4 Å². The van der Waals surface area contributed by atoms with Crippen LogP contribution in [0.15, 0.2) is 18.2 Å². The summed E-state index contributed by atoms with van der Waals surface area (Å²) in [6.45, 7) is 2.97. The Labute approximate surface area is 201 Å². The number of rotatable bonds is 9. The highest BCUT2D eigenvalue weighted by molar-refractivity contribution is 5.90. The molecule has 13 heteroatoms. The quantitative estimate of drug-likeness (QED) is 0.389. The highest BCUT2D eigenvalue weighted by atomic mass is 19.1. The molecule has 2 aliphatic rings. The Balaban J connectivity index is 1.49. The van der Waals surface area contributed by atoms with E-state index < -0.39 is 30.8 Å². The minimum absolute atomic E-state index is 0.0309. The largest absolute Gasteiger partial charge is 0.508 e.